The zero-order valence-electron chi connectivity index (χ0n) is 9.95. The highest BCUT2D eigenvalue weighted by Gasteiger charge is 2.06. The Labute approximate surface area is 92.1 Å². The highest BCUT2D eigenvalue weighted by atomic mass is 14.9. The van der Waals surface area contributed by atoms with Crippen LogP contribution in [0, 0.1) is 6.92 Å². The summed E-state index contributed by atoms with van der Waals surface area (Å²) in [5, 5.41) is 0. The van der Waals surface area contributed by atoms with Gasteiger partial charge in [-0.1, -0.05) is 20.3 Å². The van der Waals surface area contributed by atoms with Crippen molar-refractivity contribution in [2.24, 2.45) is 5.73 Å². The summed E-state index contributed by atoms with van der Waals surface area (Å²) in [6, 6.07) is 2.30. The third-order valence-corrected chi connectivity index (χ3v) is 2.44. The summed E-state index contributed by atoms with van der Waals surface area (Å²) in [7, 11) is 0. The van der Waals surface area contributed by atoms with Gasteiger partial charge in [-0.05, 0) is 25.8 Å². The first-order chi connectivity index (χ1) is 7.15. The molecule has 15 heavy (non-hydrogen) atoms. The number of aryl methyl sites for hydroxylation is 2. The summed E-state index contributed by atoms with van der Waals surface area (Å²) in [5.74, 6) is 0.855. The van der Waals surface area contributed by atoms with Crippen molar-refractivity contribution >= 4 is 0 Å². The van der Waals surface area contributed by atoms with Crippen molar-refractivity contribution in [3.05, 3.63) is 23.3 Å². The molecular weight excluding hydrogens is 186 g/mol. The third kappa shape index (κ3) is 3.96. The van der Waals surface area contributed by atoms with Crippen molar-refractivity contribution < 1.29 is 0 Å². The molecule has 0 saturated carbocycles. The minimum Gasteiger partial charge on any atom is -0.327 e. The summed E-state index contributed by atoms with van der Waals surface area (Å²) in [6.45, 7) is 6.20. The van der Waals surface area contributed by atoms with Gasteiger partial charge in [0.2, 0.25) is 0 Å². The van der Waals surface area contributed by atoms with Crippen LogP contribution < -0.4 is 5.73 Å². The molecule has 1 unspecified atom stereocenters. The molecule has 0 aliphatic rings. The first-order valence-corrected chi connectivity index (χ1v) is 5.74. The van der Waals surface area contributed by atoms with Crippen LogP contribution >= 0.6 is 0 Å². The van der Waals surface area contributed by atoms with Crippen LogP contribution in [0.2, 0.25) is 0 Å². The predicted molar refractivity (Wildman–Crippen MR) is 62.7 cm³/mol. The fourth-order valence-electron chi connectivity index (χ4n) is 1.72. The van der Waals surface area contributed by atoms with Gasteiger partial charge in [0.1, 0.15) is 5.82 Å². The van der Waals surface area contributed by atoms with Crippen molar-refractivity contribution in [3.63, 3.8) is 0 Å². The summed E-state index contributed by atoms with van der Waals surface area (Å²) in [4.78, 5) is 8.77. The quantitative estimate of drug-likeness (QED) is 0.803. The van der Waals surface area contributed by atoms with Crippen molar-refractivity contribution in [2.45, 2.75) is 52.5 Å². The lowest BCUT2D eigenvalue weighted by Gasteiger charge is -2.10. The summed E-state index contributed by atoms with van der Waals surface area (Å²) in [5.41, 5.74) is 8.19. The number of hydrogen-bond acceptors (Lipinski definition) is 3. The highest BCUT2D eigenvalue weighted by molar-refractivity contribution is 5.12. The van der Waals surface area contributed by atoms with Crippen LogP contribution in [-0.2, 0) is 12.8 Å². The van der Waals surface area contributed by atoms with Crippen LogP contribution in [0.5, 0.6) is 0 Å². The Kier molecular flexibility index (Phi) is 4.69. The summed E-state index contributed by atoms with van der Waals surface area (Å²) < 4.78 is 0. The first-order valence-electron chi connectivity index (χ1n) is 5.74. The zero-order chi connectivity index (χ0) is 11.3. The zero-order valence-corrected chi connectivity index (χ0v) is 9.95. The van der Waals surface area contributed by atoms with E-state index in [1.165, 1.54) is 0 Å². The van der Waals surface area contributed by atoms with E-state index in [0.29, 0.717) is 0 Å². The number of nitrogens with two attached hydrogens (primary N) is 1. The number of rotatable bonds is 5. The maximum atomic E-state index is 6.00. The topological polar surface area (TPSA) is 51.8 Å². The molecule has 84 valence electrons. The van der Waals surface area contributed by atoms with E-state index in [9.17, 15) is 0 Å². The van der Waals surface area contributed by atoms with Gasteiger partial charge < -0.3 is 5.73 Å². The third-order valence-electron chi connectivity index (χ3n) is 2.44. The molecule has 0 spiro atoms. The monoisotopic (exact) mass is 207 g/mol. The fraction of sp³-hybridized carbons (Fsp3) is 0.667. The van der Waals surface area contributed by atoms with Crippen molar-refractivity contribution in [3.8, 4) is 0 Å². The van der Waals surface area contributed by atoms with Crippen LogP contribution in [0.25, 0.3) is 0 Å². The van der Waals surface area contributed by atoms with E-state index >= 15 is 0 Å². The number of aromatic nitrogens is 2. The van der Waals surface area contributed by atoms with Gasteiger partial charge in [0.15, 0.2) is 0 Å². The Morgan fingerprint density at radius 2 is 1.93 bits per heavy atom. The van der Waals surface area contributed by atoms with E-state index in [4.69, 9.17) is 5.73 Å². The lowest BCUT2D eigenvalue weighted by molar-refractivity contribution is 0.591. The normalized spacial score (nSPS) is 12.8. The van der Waals surface area contributed by atoms with Crippen molar-refractivity contribution in [1.29, 1.82) is 0 Å². The van der Waals surface area contributed by atoms with Crippen LogP contribution in [0.4, 0.5) is 0 Å². The second-order valence-electron chi connectivity index (χ2n) is 4.00. The fourth-order valence-corrected chi connectivity index (χ4v) is 1.72. The molecule has 0 saturated heterocycles. The van der Waals surface area contributed by atoms with E-state index in [-0.39, 0.29) is 6.04 Å². The van der Waals surface area contributed by atoms with Gasteiger partial charge in [0.25, 0.3) is 0 Å². The molecule has 2 N–H and O–H groups in total. The molecule has 1 atom stereocenters. The lowest BCUT2D eigenvalue weighted by atomic mass is 10.1. The average Bonchev–Trinajstić information content (AvgIpc) is 2.17. The largest absolute Gasteiger partial charge is 0.327 e. The van der Waals surface area contributed by atoms with Gasteiger partial charge in [0.05, 0.1) is 0 Å². The Morgan fingerprint density at radius 3 is 2.53 bits per heavy atom. The summed E-state index contributed by atoms with van der Waals surface area (Å²) >= 11 is 0. The van der Waals surface area contributed by atoms with Gasteiger partial charge in [-0.2, -0.15) is 0 Å². The van der Waals surface area contributed by atoms with Crippen LogP contribution in [0.3, 0.4) is 0 Å². The minimum absolute atomic E-state index is 0.231. The Hall–Kier alpha value is -0.960. The summed E-state index contributed by atoms with van der Waals surface area (Å²) in [6.07, 6.45) is 4.01. The van der Waals surface area contributed by atoms with Crippen LogP contribution in [0.15, 0.2) is 6.07 Å². The Bertz CT molecular complexity index is 310. The molecule has 0 bridgehead atoms. The molecule has 0 fully saturated rings. The van der Waals surface area contributed by atoms with E-state index < -0.39 is 0 Å². The van der Waals surface area contributed by atoms with Gasteiger partial charge >= 0.3 is 0 Å². The van der Waals surface area contributed by atoms with Gasteiger partial charge in [-0.3, -0.25) is 0 Å². The number of nitrogens with zero attached hydrogens (tertiary/aromatic N) is 2. The van der Waals surface area contributed by atoms with Gasteiger partial charge in [-0.25, -0.2) is 9.97 Å². The molecule has 0 radical (unpaired) electrons. The lowest BCUT2D eigenvalue weighted by Crippen LogP contribution is -2.23. The van der Waals surface area contributed by atoms with E-state index in [1.807, 2.05) is 6.92 Å². The van der Waals surface area contributed by atoms with E-state index in [1.54, 1.807) is 0 Å². The standard InChI is InChI=1S/C12H21N3/c1-4-6-10(13)7-12-8-11(5-2)14-9(3)15-12/h8,10H,4-7,13H2,1-3H3. The predicted octanol–water partition coefficient (Wildman–Crippen LogP) is 2.02. The molecule has 0 aromatic carbocycles. The molecule has 3 nitrogen and oxygen atoms in total. The van der Waals surface area contributed by atoms with Crippen LogP contribution in [0.1, 0.15) is 43.9 Å². The second-order valence-corrected chi connectivity index (χ2v) is 4.00. The van der Waals surface area contributed by atoms with Gasteiger partial charge in [-0.15, -0.1) is 0 Å². The van der Waals surface area contributed by atoms with Gasteiger partial charge in [0, 0.05) is 23.9 Å². The first kappa shape index (κ1) is 12.1. The maximum Gasteiger partial charge on any atom is 0.125 e. The SMILES string of the molecule is CCCC(N)Cc1cc(CC)nc(C)n1. The number of hydrogen-bond donors (Lipinski definition) is 1. The molecule has 0 aliphatic carbocycles. The Morgan fingerprint density at radius 1 is 1.27 bits per heavy atom. The second kappa shape index (κ2) is 5.81. The molecule has 3 heteroatoms. The molecule has 1 heterocycles. The van der Waals surface area contributed by atoms with Crippen LogP contribution in [-0.4, -0.2) is 16.0 Å². The maximum absolute atomic E-state index is 6.00. The van der Waals surface area contributed by atoms with E-state index in [2.05, 4.69) is 29.9 Å². The Balaban J connectivity index is 2.71. The molecule has 0 amide bonds. The molecule has 1 aromatic rings. The molecule has 0 aliphatic heterocycles. The highest BCUT2D eigenvalue weighted by Crippen LogP contribution is 2.06. The minimum atomic E-state index is 0.231. The molecular formula is C12H21N3. The van der Waals surface area contributed by atoms with Crippen molar-refractivity contribution in [1.82, 2.24) is 9.97 Å². The average molecular weight is 207 g/mol. The smallest absolute Gasteiger partial charge is 0.125 e. The molecule has 1 rings (SSSR count). The van der Waals surface area contributed by atoms with Crippen molar-refractivity contribution in [2.75, 3.05) is 0 Å². The van der Waals surface area contributed by atoms with E-state index in [0.717, 1.165) is 42.9 Å². The molecule has 1 aromatic heterocycles.